The van der Waals surface area contributed by atoms with Gasteiger partial charge in [0.15, 0.2) is 0 Å². The second kappa shape index (κ2) is 10.1. The lowest BCUT2D eigenvalue weighted by atomic mass is 10.0. The van der Waals surface area contributed by atoms with Gasteiger partial charge >= 0.3 is 12.2 Å². The predicted molar refractivity (Wildman–Crippen MR) is 136 cm³/mol. The molecule has 2 aromatic carbocycles. The number of ether oxygens (including phenoxy) is 3. The fraction of sp³-hybridized carbons (Fsp3) is 0.500. The highest BCUT2D eigenvalue weighted by atomic mass is 19.1. The van der Waals surface area contributed by atoms with Crippen molar-refractivity contribution in [2.75, 3.05) is 38.2 Å². The van der Waals surface area contributed by atoms with Crippen molar-refractivity contribution in [1.29, 1.82) is 0 Å². The summed E-state index contributed by atoms with van der Waals surface area (Å²) in [7, 11) is 1.63. The van der Waals surface area contributed by atoms with Gasteiger partial charge in [0.2, 0.25) is 0 Å². The van der Waals surface area contributed by atoms with Crippen LogP contribution in [0, 0.1) is 23.5 Å². The Bertz CT molecular complexity index is 1180. The highest BCUT2D eigenvalue weighted by Gasteiger charge is 2.57. The van der Waals surface area contributed by atoms with Crippen molar-refractivity contribution in [1.82, 2.24) is 10.2 Å². The average molecular weight is 530 g/mol. The Hall–Kier alpha value is -3.40. The number of anilines is 1. The minimum absolute atomic E-state index is 0.0264. The lowest BCUT2D eigenvalue weighted by molar-refractivity contribution is 0.0496. The van der Waals surface area contributed by atoms with Gasteiger partial charge in [-0.2, -0.15) is 0 Å². The van der Waals surface area contributed by atoms with Gasteiger partial charge in [0.25, 0.3) is 0 Å². The molecule has 2 saturated heterocycles. The summed E-state index contributed by atoms with van der Waals surface area (Å²) >= 11 is 0. The van der Waals surface area contributed by atoms with Crippen LogP contribution in [0.2, 0.25) is 0 Å². The van der Waals surface area contributed by atoms with Crippen LogP contribution >= 0.6 is 0 Å². The smallest absolute Gasteiger partial charge is 0.414 e. The molecule has 4 atom stereocenters. The van der Waals surface area contributed by atoms with Crippen LogP contribution in [0.25, 0.3) is 0 Å². The summed E-state index contributed by atoms with van der Waals surface area (Å²) in [6.45, 7) is 7.66. The van der Waals surface area contributed by atoms with Crippen molar-refractivity contribution in [3.63, 3.8) is 0 Å². The summed E-state index contributed by atoms with van der Waals surface area (Å²) < 4.78 is 46.0. The summed E-state index contributed by atoms with van der Waals surface area (Å²) in [5.41, 5.74) is 0.709. The molecule has 5 rings (SSSR count). The van der Waals surface area contributed by atoms with Gasteiger partial charge in [0.05, 0.1) is 25.9 Å². The van der Waals surface area contributed by atoms with Crippen LogP contribution < -0.4 is 15.0 Å². The van der Waals surface area contributed by atoms with E-state index < -0.39 is 35.5 Å². The Morgan fingerprint density at radius 1 is 1.08 bits per heavy atom. The summed E-state index contributed by atoms with van der Waals surface area (Å²) in [5, 5.41) is 2.55. The summed E-state index contributed by atoms with van der Waals surface area (Å²) in [5.74, 6) is -0.227. The molecule has 0 bridgehead atoms. The first-order chi connectivity index (χ1) is 18.0. The van der Waals surface area contributed by atoms with Gasteiger partial charge < -0.3 is 19.5 Å². The van der Waals surface area contributed by atoms with Crippen molar-refractivity contribution in [3.8, 4) is 5.75 Å². The van der Waals surface area contributed by atoms with Crippen molar-refractivity contribution < 1.29 is 32.6 Å². The first kappa shape index (κ1) is 26.2. The normalized spacial score (nSPS) is 24.7. The van der Waals surface area contributed by atoms with E-state index in [4.69, 9.17) is 14.2 Å². The number of hydrogen-bond acceptors (Lipinski definition) is 6. The third-order valence-corrected chi connectivity index (χ3v) is 7.29. The highest BCUT2D eigenvalue weighted by molar-refractivity contribution is 5.90. The quantitative estimate of drug-likeness (QED) is 0.562. The van der Waals surface area contributed by atoms with Gasteiger partial charge in [0.1, 0.15) is 29.1 Å². The maximum atomic E-state index is 15.2. The summed E-state index contributed by atoms with van der Waals surface area (Å²) in [6.07, 6.45) is -2.02. The first-order valence-corrected chi connectivity index (χ1v) is 12.8. The van der Waals surface area contributed by atoms with E-state index in [1.165, 1.54) is 22.6 Å². The van der Waals surface area contributed by atoms with E-state index in [0.717, 1.165) is 25.4 Å². The van der Waals surface area contributed by atoms with Gasteiger partial charge in [-0.1, -0.05) is 12.1 Å². The van der Waals surface area contributed by atoms with Crippen molar-refractivity contribution in [2.24, 2.45) is 11.8 Å². The lowest BCUT2D eigenvalue weighted by Gasteiger charge is -2.21. The first-order valence-electron chi connectivity index (χ1n) is 12.8. The molecule has 0 spiro atoms. The van der Waals surface area contributed by atoms with Gasteiger partial charge in [-0.25, -0.2) is 18.4 Å². The third-order valence-electron chi connectivity index (χ3n) is 7.29. The molecule has 2 amide bonds. The molecule has 204 valence electrons. The molecule has 3 fully saturated rings. The van der Waals surface area contributed by atoms with Gasteiger partial charge in [-0.3, -0.25) is 9.80 Å². The number of benzene rings is 2. The Kier molecular flexibility index (Phi) is 6.94. The van der Waals surface area contributed by atoms with E-state index in [1.54, 1.807) is 27.9 Å². The zero-order valence-corrected chi connectivity index (χ0v) is 22.0. The highest BCUT2D eigenvalue weighted by Crippen LogP contribution is 2.59. The number of likely N-dealkylation sites (tertiary alicyclic amines) is 1. The minimum atomic E-state index is -0.718. The number of carbonyl (C=O) groups is 2. The van der Waals surface area contributed by atoms with Crippen molar-refractivity contribution in [3.05, 3.63) is 59.2 Å². The van der Waals surface area contributed by atoms with Crippen LogP contribution in [-0.4, -0.2) is 62.1 Å². The standard InChI is InChI=1S/C28H33F2N3O5/c1-28(2,3)38-26(34)31-11-19-13-33(27(35)37-19)17-9-22(29)25(23(30)10-17)24-20-14-32(15-21(20)24)12-16-5-7-18(36-4)8-6-16/h5-10,19-21,24H,11-15H2,1-4H3,(H,31,34)/t19-,20-,21+,24+/m0/s1. The molecule has 0 unspecified atom stereocenters. The number of hydrogen-bond donors (Lipinski definition) is 1. The van der Waals surface area contributed by atoms with Crippen LogP contribution in [-0.2, 0) is 16.0 Å². The van der Waals surface area contributed by atoms with Crippen LogP contribution in [0.3, 0.4) is 0 Å². The fourth-order valence-electron chi connectivity index (χ4n) is 5.56. The van der Waals surface area contributed by atoms with E-state index in [-0.39, 0.29) is 42.1 Å². The number of amides is 2. The number of rotatable bonds is 7. The predicted octanol–water partition coefficient (Wildman–Crippen LogP) is 4.67. The molecule has 2 aliphatic heterocycles. The van der Waals surface area contributed by atoms with Crippen LogP contribution in [0.5, 0.6) is 5.75 Å². The zero-order valence-electron chi connectivity index (χ0n) is 22.0. The summed E-state index contributed by atoms with van der Waals surface area (Å²) in [4.78, 5) is 27.8. The number of piperidine rings is 1. The number of alkyl carbamates (subject to hydrolysis) is 1. The van der Waals surface area contributed by atoms with Gasteiger partial charge in [0, 0.05) is 25.2 Å². The molecule has 2 aromatic rings. The number of nitrogens with zero attached hydrogens (tertiary/aromatic N) is 2. The molecule has 0 radical (unpaired) electrons. The number of methoxy groups -OCH3 is 1. The number of fused-ring (bicyclic) bond motifs is 1. The van der Waals surface area contributed by atoms with E-state index in [2.05, 4.69) is 10.2 Å². The second-order valence-electron chi connectivity index (χ2n) is 11.2. The topological polar surface area (TPSA) is 80.3 Å². The number of cyclic esters (lactones) is 1. The van der Waals surface area contributed by atoms with Crippen LogP contribution in [0.1, 0.15) is 37.8 Å². The van der Waals surface area contributed by atoms with Gasteiger partial charge in [-0.15, -0.1) is 0 Å². The fourth-order valence-corrected chi connectivity index (χ4v) is 5.56. The minimum Gasteiger partial charge on any atom is -0.497 e. The maximum Gasteiger partial charge on any atom is 0.414 e. The zero-order chi connectivity index (χ0) is 27.2. The lowest BCUT2D eigenvalue weighted by Crippen LogP contribution is -2.38. The van der Waals surface area contributed by atoms with E-state index in [1.807, 2.05) is 24.3 Å². The number of nitrogens with one attached hydrogen (secondary N) is 1. The van der Waals surface area contributed by atoms with Crippen molar-refractivity contribution >= 4 is 17.9 Å². The molecule has 8 nitrogen and oxygen atoms in total. The third kappa shape index (κ3) is 5.55. The van der Waals surface area contributed by atoms with Crippen molar-refractivity contribution in [2.45, 2.75) is 44.9 Å². The molecule has 1 N–H and O–H groups in total. The molecule has 2 heterocycles. The van der Waals surface area contributed by atoms with E-state index in [0.29, 0.717) is 0 Å². The largest absolute Gasteiger partial charge is 0.497 e. The Labute approximate surface area is 220 Å². The molecular weight excluding hydrogens is 496 g/mol. The average Bonchev–Trinajstić information content (AvgIpc) is 3.14. The second-order valence-corrected chi connectivity index (χ2v) is 11.2. The Morgan fingerprint density at radius 3 is 2.29 bits per heavy atom. The molecule has 1 saturated carbocycles. The Morgan fingerprint density at radius 2 is 1.71 bits per heavy atom. The number of halogens is 2. The molecule has 38 heavy (non-hydrogen) atoms. The van der Waals surface area contributed by atoms with Crippen LogP contribution in [0.4, 0.5) is 24.1 Å². The molecule has 3 aliphatic rings. The maximum absolute atomic E-state index is 15.2. The molecule has 1 aliphatic carbocycles. The molecule has 0 aromatic heterocycles. The van der Waals surface area contributed by atoms with Crippen LogP contribution in [0.15, 0.2) is 36.4 Å². The number of carbonyl (C=O) groups excluding carboxylic acids is 2. The summed E-state index contributed by atoms with van der Waals surface area (Å²) in [6, 6.07) is 10.3. The molecular formula is C28H33F2N3O5. The van der Waals surface area contributed by atoms with E-state index in [9.17, 15) is 9.59 Å². The van der Waals surface area contributed by atoms with E-state index >= 15 is 8.78 Å². The molecule has 10 heteroatoms. The van der Waals surface area contributed by atoms with Gasteiger partial charge in [-0.05, 0) is 68.4 Å². The SMILES string of the molecule is COc1ccc(CN2C[C@@H]3[C@H](C2)[C@H]3c2c(F)cc(N3C[C@H](CNC(=O)OC(C)(C)C)OC3=O)cc2F)cc1. The monoisotopic (exact) mass is 529 g/mol. The Balaban J connectivity index is 1.17.